The molecular weight excluding hydrogens is 438 g/mol. The zero-order valence-electron chi connectivity index (χ0n) is 17.3. The minimum Gasteiger partial charge on any atom is -0.464 e. The third kappa shape index (κ3) is 5.30. The van der Waals surface area contributed by atoms with Crippen molar-refractivity contribution in [1.82, 2.24) is 4.72 Å². The zero-order valence-corrected chi connectivity index (χ0v) is 18.1. The van der Waals surface area contributed by atoms with Crippen molar-refractivity contribution in [3.05, 3.63) is 65.7 Å². The number of hydrogen-bond donors (Lipinski definition) is 3. The van der Waals surface area contributed by atoms with E-state index in [-0.39, 0.29) is 12.0 Å². The van der Waals surface area contributed by atoms with Crippen molar-refractivity contribution in [1.29, 1.82) is 0 Å². The molecule has 0 aliphatic carbocycles. The molecule has 1 atom stereocenters. The van der Waals surface area contributed by atoms with Crippen LogP contribution in [0.3, 0.4) is 0 Å². The monoisotopic (exact) mass is 462 g/mol. The van der Waals surface area contributed by atoms with Gasteiger partial charge in [-0.1, -0.05) is 18.2 Å². The van der Waals surface area contributed by atoms with Gasteiger partial charge in [0.2, 0.25) is 10.0 Å². The fraction of sp³-hybridized carbons (Fsp3) is 0.333. The van der Waals surface area contributed by atoms with Crippen LogP contribution in [0.5, 0.6) is 0 Å². The van der Waals surface area contributed by atoms with Gasteiger partial charge in [-0.25, -0.2) is 17.5 Å². The number of benzene rings is 2. The number of anilines is 1. The highest BCUT2D eigenvalue weighted by Crippen LogP contribution is 2.24. The van der Waals surface area contributed by atoms with Crippen LogP contribution in [0.1, 0.15) is 11.1 Å². The summed E-state index contributed by atoms with van der Waals surface area (Å²) in [5, 5.41) is 20.3. The Hall–Kier alpha value is -2.44. The van der Waals surface area contributed by atoms with Crippen molar-refractivity contribution in [2.75, 3.05) is 31.2 Å². The average molecular weight is 462 g/mol. The minimum absolute atomic E-state index is 0.00133. The third-order valence-electron chi connectivity index (χ3n) is 5.44. The molecule has 1 saturated heterocycles. The third-order valence-corrected chi connectivity index (χ3v) is 6.80. The highest BCUT2D eigenvalue weighted by atomic mass is 32.2. The Bertz CT molecular complexity index is 1180. The Morgan fingerprint density at radius 1 is 1.12 bits per heavy atom. The van der Waals surface area contributed by atoms with Crippen molar-refractivity contribution < 1.29 is 32.0 Å². The summed E-state index contributed by atoms with van der Waals surface area (Å²) in [5.41, 5.74) is 1.95. The Labute approximate surface area is 185 Å². The maximum atomic E-state index is 14.4. The summed E-state index contributed by atoms with van der Waals surface area (Å²) in [6, 6.07) is 11.5. The van der Waals surface area contributed by atoms with Gasteiger partial charge in [-0.3, -0.25) is 0 Å². The largest absolute Gasteiger partial charge is 0.471 e. The molecule has 1 fully saturated rings. The fourth-order valence-corrected chi connectivity index (χ4v) is 5.18. The second-order valence-electron chi connectivity index (χ2n) is 7.73. The Morgan fingerprint density at radius 3 is 2.62 bits per heavy atom. The van der Waals surface area contributed by atoms with Gasteiger partial charge >= 0.3 is 7.12 Å². The minimum atomic E-state index is -4.09. The maximum Gasteiger partial charge on any atom is 0.471 e. The van der Waals surface area contributed by atoms with Crippen LogP contribution in [0, 0.1) is 5.82 Å². The first-order valence-electron chi connectivity index (χ1n) is 10.2. The molecule has 3 aromatic rings. The Morgan fingerprint density at radius 2 is 1.88 bits per heavy atom. The average Bonchev–Trinajstić information content (AvgIpc) is 3.18. The zero-order chi connectivity index (χ0) is 22.7. The molecule has 0 saturated carbocycles. The predicted octanol–water partition coefficient (Wildman–Crippen LogP) is 1.45. The molecule has 1 aromatic heterocycles. The molecule has 0 radical (unpaired) electrons. The summed E-state index contributed by atoms with van der Waals surface area (Å²) in [6.45, 7) is 2.36. The first-order chi connectivity index (χ1) is 15.3. The van der Waals surface area contributed by atoms with Gasteiger partial charge in [0.25, 0.3) is 0 Å². The van der Waals surface area contributed by atoms with E-state index in [0.717, 1.165) is 5.39 Å². The molecule has 2 heterocycles. The van der Waals surface area contributed by atoms with E-state index < -0.39 is 34.7 Å². The number of sulfonamides is 1. The lowest BCUT2D eigenvalue weighted by Gasteiger charge is -2.29. The second-order valence-corrected chi connectivity index (χ2v) is 9.49. The molecule has 0 amide bonds. The smallest absolute Gasteiger partial charge is 0.464 e. The fourth-order valence-electron chi connectivity index (χ4n) is 3.80. The Balaban J connectivity index is 1.51. The van der Waals surface area contributed by atoms with Gasteiger partial charge in [-0.2, -0.15) is 0 Å². The molecule has 1 aliphatic heterocycles. The molecule has 1 unspecified atom stereocenters. The van der Waals surface area contributed by atoms with Crippen molar-refractivity contribution in [2.24, 2.45) is 0 Å². The van der Waals surface area contributed by atoms with Crippen LogP contribution in [0.25, 0.3) is 11.0 Å². The highest BCUT2D eigenvalue weighted by Gasteiger charge is 2.30. The molecule has 2 aromatic carbocycles. The lowest BCUT2D eigenvalue weighted by molar-refractivity contribution is 0.122. The topological polar surface area (TPSA) is 112 Å². The molecule has 0 spiro atoms. The molecule has 3 N–H and O–H groups in total. The summed E-state index contributed by atoms with van der Waals surface area (Å²) in [4.78, 5) is 2.00. The standard InChI is InChI=1S/C21H24BFN2O6S/c23-19-6-5-17(25-7-9-30-10-8-25)11-16(19)14-32(28,29)24-21(22(26)27)12-15-13-31-20-4-2-1-3-18(15)20/h1-6,11,13,21,24,26-27H,7-10,12,14H2. The van der Waals surface area contributed by atoms with Gasteiger partial charge in [0.15, 0.2) is 0 Å². The summed E-state index contributed by atoms with van der Waals surface area (Å²) in [5.74, 6) is -2.51. The number of nitrogens with one attached hydrogen (secondary N) is 1. The van der Waals surface area contributed by atoms with E-state index in [1.165, 1.54) is 18.4 Å². The molecule has 8 nitrogen and oxygen atoms in total. The van der Waals surface area contributed by atoms with Gasteiger partial charge in [-0.15, -0.1) is 0 Å². The highest BCUT2D eigenvalue weighted by molar-refractivity contribution is 7.88. The quantitative estimate of drug-likeness (QED) is 0.435. The second kappa shape index (κ2) is 9.59. The van der Waals surface area contributed by atoms with E-state index in [9.17, 15) is 22.9 Å². The molecule has 170 valence electrons. The van der Waals surface area contributed by atoms with E-state index in [1.54, 1.807) is 30.3 Å². The Kier molecular flexibility index (Phi) is 6.82. The lowest BCUT2D eigenvalue weighted by Crippen LogP contribution is -2.48. The van der Waals surface area contributed by atoms with E-state index in [1.807, 2.05) is 4.90 Å². The van der Waals surface area contributed by atoms with Gasteiger partial charge in [0.05, 0.1) is 31.2 Å². The normalized spacial score (nSPS) is 15.8. The van der Waals surface area contributed by atoms with Gasteiger partial charge in [0.1, 0.15) is 11.4 Å². The van der Waals surface area contributed by atoms with Crippen LogP contribution >= 0.6 is 0 Å². The number of furan rings is 1. The van der Waals surface area contributed by atoms with Crippen LogP contribution in [0.2, 0.25) is 0 Å². The van der Waals surface area contributed by atoms with Crippen LogP contribution in [-0.2, 0) is 26.9 Å². The maximum absolute atomic E-state index is 14.4. The first-order valence-corrected chi connectivity index (χ1v) is 11.9. The summed E-state index contributed by atoms with van der Waals surface area (Å²) < 4.78 is 53.0. The van der Waals surface area contributed by atoms with E-state index in [4.69, 9.17) is 9.15 Å². The van der Waals surface area contributed by atoms with E-state index >= 15 is 0 Å². The number of para-hydroxylation sites is 1. The predicted molar refractivity (Wildman–Crippen MR) is 119 cm³/mol. The SMILES string of the molecule is O=S(=O)(Cc1cc(N2CCOCC2)ccc1F)NC(Cc1coc2ccccc12)B(O)O. The van der Waals surface area contributed by atoms with Crippen molar-refractivity contribution >= 4 is 33.8 Å². The van der Waals surface area contributed by atoms with E-state index in [2.05, 4.69) is 4.72 Å². The van der Waals surface area contributed by atoms with Gasteiger partial charge < -0.3 is 24.1 Å². The van der Waals surface area contributed by atoms with Crippen molar-refractivity contribution in [3.8, 4) is 0 Å². The molecular formula is C21H24BFN2O6S. The van der Waals surface area contributed by atoms with Crippen LogP contribution < -0.4 is 9.62 Å². The van der Waals surface area contributed by atoms with Crippen molar-refractivity contribution in [3.63, 3.8) is 0 Å². The summed E-state index contributed by atoms with van der Waals surface area (Å²) in [7, 11) is -6.04. The molecule has 1 aliphatic rings. The van der Waals surface area contributed by atoms with Crippen LogP contribution in [0.15, 0.2) is 53.1 Å². The number of halogens is 1. The first kappa shape index (κ1) is 22.7. The number of hydrogen-bond acceptors (Lipinski definition) is 7. The molecule has 32 heavy (non-hydrogen) atoms. The lowest BCUT2D eigenvalue weighted by atomic mass is 9.77. The number of ether oxygens (including phenoxy) is 1. The van der Waals surface area contributed by atoms with Crippen LogP contribution in [0.4, 0.5) is 10.1 Å². The summed E-state index contributed by atoms with van der Waals surface area (Å²) in [6.07, 6.45) is 1.45. The van der Waals surface area contributed by atoms with Crippen LogP contribution in [-0.4, -0.2) is 57.8 Å². The molecule has 11 heteroatoms. The molecule has 4 rings (SSSR count). The van der Waals surface area contributed by atoms with Gasteiger partial charge in [-0.05, 0) is 36.2 Å². The number of fused-ring (bicyclic) bond motifs is 1. The number of rotatable bonds is 8. The summed E-state index contributed by atoms with van der Waals surface area (Å²) >= 11 is 0. The molecule has 0 bridgehead atoms. The number of morpholine rings is 1. The number of nitrogens with zero attached hydrogens (tertiary/aromatic N) is 1. The van der Waals surface area contributed by atoms with Crippen molar-refractivity contribution in [2.45, 2.75) is 18.1 Å². The van der Waals surface area contributed by atoms with Gasteiger partial charge in [0, 0.05) is 29.7 Å². The van der Waals surface area contributed by atoms with E-state index in [0.29, 0.717) is 43.1 Å².